The van der Waals surface area contributed by atoms with Gasteiger partial charge in [-0.25, -0.2) is 4.79 Å². The Labute approximate surface area is 71.2 Å². The fraction of sp³-hybridized carbons (Fsp3) is 0.200. The van der Waals surface area contributed by atoms with Gasteiger partial charge in [0.25, 0.3) is 0 Å². The van der Waals surface area contributed by atoms with Crippen molar-refractivity contribution in [2.24, 2.45) is 0 Å². The van der Waals surface area contributed by atoms with E-state index in [1.165, 1.54) is 0 Å². The molecule has 0 aliphatic rings. The summed E-state index contributed by atoms with van der Waals surface area (Å²) in [4.78, 5) is 19.7. The van der Waals surface area contributed by atoms with Gasteiger partial charge in [-0.1, -0.05) is 6.58 Å². The van der Waals surface area contributed by atoms with Crippen LogP contribution in [0, 0.1) is 0 Å². The Hall–Kier alpha value is -0.723. The summed E-state index contributed by atoms with van der Waals surface area (Å²) in [5, 5.41) is 16.1. The SMILES string of the molecule is C=C(CC(=O)O)C(=O)O.[H-].[Li+]. The number of rotatable bonds is 3. The summed E-state index contributed by atoms with van der Waals surface area (Å²) in [5.74, 6) is -2.44. The van der Waals surface area contributed by atoms with Gasteiger partial charge in [0.2, 0.25) is 0 Å². The van der Waals surface area contributed by atoms with Crippen LogP contribution in [0.25, 0.3) is 0 Å². The summed E-state index contributed by atoms with van der Waals surface area (Å²) >= 11 is 0. The van der Waals surface area contributed by atoms with Gasteiger partial charge < -0.3 is 11.6 Å². The van der Waals surface area contributed by atoms with Gasteiger partial charge in [-0.15, -0.1) is 0 Å². The Morgan fingerprint density at radius 3 is 1.90 bits per heavy atom. The van der Waals surface area contributed by atoms with Gasteiger partial charge in [-0.05, 0) is 0 Å². The molecule has 0 heterocycles. The molecule has 4 nitrogen and oxygen atoms in total. The Morgan fingerprint density at radius 1 is 1.40 bits per heavy atom. The van der Waals surface area contributed by atoms with Crippen molar-refractivity contribution in [3.63, 3.8) is 0 Å². The van der Waals surface area contributed by atoms with Crippen molar-refractivity contribution in [2.45, 2.75) is 6.42 Å². The summed E-state index contributed by atoms with van der Waals surface area (Å²) in [6.45, 7) is 3.01. The fourth-order valence-electron chi connectivity index (χ4n) is 0.258. The molecule has 0 saturated carbocycles. The zero-order chi connectivity index (χ0) is 7.44. The first kappa shape index (κ1) is 12.0. The van der Waals surface area contributed by atoms with Gasteiger partial charge in [0.15, 0.2) is 0 Å². The first-order valence-corrected chi connectivity index (χ1v) is 2.17. The molecular formula is C5H7LiO4. The van der Waals surface area contributed by atoms with Crippen molar-refractivity contribution < 1.29 is 40.1 Å². The number of hydrogen-bond donors (Lipinski definition) is 2. The van der Waals surface area contributed by atoms with Crippen LogP contribution in [0.3, 0.4) is 0 Å². The Kier molecular flexibility index (Phi) is 6.11. The average Bonchev–Trinajstić information content (AvgIpc) is 1.63. The molecule has 0 aliphatic heterocycles. The maximum absolute atomic E-state index is 9.87. The summed E-state index contributed by atoms with van der Waals surface area (Å²) < 4.78 is 0. The van der Waals surface area contributed by atoms with Gasteiger partial charge in [-0.2, -0.15) is 0 Å². The standard InChI is InChI=1S/C5H6O4.Li.H/c1-3(5(8)9)2-4(6)7;;/h1-2H2,(H,6,7)(H,8,9);;/q;+1;-1. The Morgan fingerprint density at radius 2 is 1.80 bits per heavy atom. The van der Waals surface area contributed by atoms with E-state index < -0.39 is 18.4 Å². The monoisotopic (exact) mass is 138 g/mol. The van der Waals surface area contributed by atoms with Crippen molar-refractivity contribution in [3.8, 4) is 0 Å². The van der Waals surface area contributed by atoms with E-state index in [4.69, 9.17) is 10.2 Å². The number of hydrogen-bond acceptors (Lipinski definition) is 2. The molecule has 0 spiro atoms. The number of carboxylic acid groups (broad SMARTS) is 2. The van der Waals surface area contributed by atoms with Crippen LogP contribution >= 0.6 is 0 Å². The van der Waals surface area contributed by atoms with E-state index in [0.717, 1.165) is 0 Å². The molecule has 0 bridgehead atoms. The molecule has 0 unspecified atom stereocenters. The summed E-state index contributed by atoms with van der Waals surface area (Å²) in [5.41, 5.74) is -0.303. The predicted octanol–water partition coefficient (Wildman–Crippen LogP) is -2.78. The van der Waals surface area contributed by atoms with Crippen LogP contribution in [-0.4, -0.2) is 22.2 Å². The first-order valence-electron chi connectivity index (χ1n) is 2.17. The molecule has 52 valence electrons. The van der Waals surface area contributed by atoms with Crippen LogP contribution in [0.15, 0.2) is 12.2 Å². The Balaban J connectivity index is -0.000000320. The van der Waals surface area contributed by atoms with Gasteiger partial charge in [0.05, 0.1) is 6.42 Å². The van der Waals surface area contributed by atoms with Gasteiger partial charge >= 0.3 is 30.8 Å². The summed E-state index contributed by atoms with van der Waals surface area (Å²) in [6.07, 6.45) is -0.505. The number of carboxylic acids is 2. The molecule has 0 amide bonds. The van der Waals surface area contributed by atoms with E-state index in [-0.39, 0.29) is 25.9 Å². The second-order valence-electron chi connectivity index (χ2n) is 1.48. The number of carbonyl (C=O) groups is 2. The minimum Gasteiger partial charge on any atom is -1.00 e. The van der Waals surface area contributed by atoms with Crippen LogP contribution in [-0.2, 0) is 9.59 Å². The quantitative estimate of drug-likeness (QED) is 0.326. The van der Waals surface area contributed by atoms with Crippen molar-refractivity contribution >= 4 is 11.9 Å². The third kappa shape index (κ3) is 5.41. The molecule has 0 fully saturated rings. The van der Waals surface area contributed by atoms with Gasteiger partial charge in [-0.3, -0.25) is 4.79 Å². The van der Waals surface area contributed by atoms with E-state index in [1.807, 2.05) is 0 Å². The molecule has 10 heavy (non-hydrogen) atoms. The maximum atomic E-state index is 9.87. The molecule has 5 heteroatoms. The molecule has 0 saturated heterocycles. The second-order valence-corrected chi connectivity index (χ2v) is 1.48. The van der Waals surface area contributed by atoms with Crippen LogP contribution in [0.1, 0.15) is 7.85 Å². The molecule has 0 radical (unpaired) electrons. The Bertz CT molecular complexity index is 168. The molecule has 0 aromatic heterocycles. The molecule has 0 aromatic carbocycles. The van der Waals surface area contributed by atoms with Crippen molar-refractivity contribution in [3.05, 3.63) is 12.2 Å². The minimum atomic E-state index is -1.27. The third-order valence-corrected chi connectivity index (χ3v) is 0.667. The zero-order valence-electron chi connectivity index (χ0n) is 6.63. The maximum Gasteiger partial charge on any atom is 1.00 e. The third-order valence-electron chi connectivity index (χ3n) is 0.667. The van der Waals surface area contributed by atoms with Crippen LogP contribution < -0.4 is 18.9 Å². The van der Waals surface area contributed by atoms with E-state index >= 15 is 0 Å². The van der Waals surface area contributed by atoms with Crippen LogP contribution in [0.2, 0.25) is 0 Å². The van der Waals surface area contributed by atoms with E-state index in [9.17, 15) is 9.59 Å². The molecule has 0 atom stereocenters. The normalized spacial score (nSPS) is 7.60. The smallest absolute Gasteiger partial charge is 1.00 e. The molecular weight excluding hydrogens is 131 g/mol. The molecule has 0 aromatic rings. The van der Waals surface area contributed by atoms with Crippen molar-refractivity contribution in [1.29, 1.82) is 0 Å². The van der Waals surface area contributed by atoms with Crippen LogP contribution in [0.4, 0.5) is 0 Å². The summed E-state index contributed by atoms with van der Waals surface area (Å²) in [6, 6.07) is 0. The van der Waals surface area contributed by atoms with Crippen molar-refractivity contribution in [2.75, 3.05) is 0 Å². The summed E-state index contributed by atoms with van der Waals surface area (Å²) in [7, 11) is 0. The fourth-order valence-corrected chi connectivity index (χ4v) is 0.258. The minimum absolute atomic E-state index is 0. The average molecular weight is 138 g/mol. The van der Waals surface area contributed by atoms with Crippen LogP contribution in [0.5, 0.6) is 0 Å². The number of aliphatic carboxylic acids is 2. The van der Waals surface area contributed by atoms with Gasteiger partial charge in [0.1, 0.15) is 0 Å². The first-order chi connectivity index (χ1) is 4.04. The van der Waals surface area contributed by atoms with E-state index in [1.54, 1.807) is 0 Å². The second kappa shape index (κ2) is 5.09. The largest absolute Gasteiger partial charge is 1.00 e. The van der Waals surface area contributed by atoms with E-state index in [0.29, 0.717) is 0 Å². The molecule has 0 aliphatic carbocycles. The van der Waals surface area contributed by atoms with Crippen molar-refractivity contribution in [1.82, 2.24) is 0 Å². The van der Waals surface area contributed by atoms with Gasteiger partial charge in [0, 0.05) is 5.57 Å². The predicted molar refractivity (Wildman–Crippen MR) is 30.1 cm³/mol. The molecule has 0 rings (SSSR count). The topological polar surface area (TPSA) is 74.6 Å². The molecule has 2 N–H and O–H groups in total. The van der Waals surface area contributed by atoms with E-state index in [2.05, 4.69) is 6.58 Å². The zero-order valence-corrected chi connectivity index (χ0v) is 5.63.